The molecule has 1 aromatic heterocycles. The Labute approximate surface area is 157 Å². The first kappa shape index (κ1) is 17.0. The number of benzene rings is 2. The van der Waals surface area contributed by atoms with E-state index in [-0.39, 0.29) is 5.97 Å². The zero-order chi connectivity index (χ0) is 18.8. The summed E-state index contributed by atoms with van der Waals surface area (Å²) in [5.41, 5.74) is 4.18. The predicted octanol–water partition coefficient (Wildman–Crippen LogP) is 3.58. The molecule has 0 amide bonds. The summed E-state index contributed by atoms with van der Waals surface area (Å²) in [5, 5.41) is 7.63. The quantitative estimate of drug-likeness (QED) is 0.720. The van der Waals surface area contributed by atoms with Gasteiger partial charge in [-0.2, -0.15) is 10.1 Å². The summed E-state index contributed by atoms with van der Waals surface area (Å²) in [7, 11) is 0. The zero-order valence-electron chi connectivity index (χ0n) is 15.2. The van der Waals surface area contributed by atoms with Crippen LogP contribution in [0.3, 0.4) is 0 Å². The van der Waals surface area contributed by atoms with Crippen LogP contribution in [0.2, 0.25) is 0 Å². The maximum atomic E-state index is 13.0. The molecule has 1 N–H and O–H groups in total. The second-order valence-corrected chi connectivity index (χ2v) is 6.35. The molecule has 2 aromatic carbocycles. The van der Waals surface area contributed by atoms with E-state index in [1.165, 1.54) is 6.33 Å². The van der Waals surface area contributed by atoms with Gasteiger partial charge in [0.15, 0.2) is 0 Å². The molecule has 27 heavy (non-hydrogen) atoms. The summed E-state index contributed by atoms with van der Waals surface area (Å²) in [5.74, 6) is 0.227. The third-order valence-corrected chi connectivity index (χ3v) is 4.51. The standard InChI is InChI=1S/C21H20N4O2/c1-3-27-20(26)17-18(15-9-5-4-6-10-15)24-21-22-13-23-25(21)19(17)16-11-7-8-14(2)12-16/h4-13,19H,3H2,1-2H3,(H,22,23,24). The van der Waals surface area contributed by atoms with Gasteiger partial charge in [-0.1, -0.05) is 60.2 Å². The van der Waals surface area contributed by atoms with Crippen molar-refractivity contribution in [2.75, 3.05) is 11.9 Å². The van der Waals surface area contributed by atoms with Crippen molar-refractivity contribution in [2.24, 2.45) is 0 Å². The van der Waals surface area contributed by atoms with Crippen molar-refractivity contribution >= 4 is 17.6 Å². The minimum Gasteiger partial charge on any atom is -0.463 e. The van der Waals surface area contributed by atoms with Crippen LogP contribution in [0, 0.1) is 6.92 Å². The van der Waals surface area contributed by atoms with E-state index in [9.17, 15) is 4.79 Å². The lowest BCUT2D eigenvalue weighted by atomic mass is 9.92. The van der Waals surface area contributed by atoms with E-state index in [1.54, 1.807) is 11.6 Å². The van der Waals surface area contributed by atoms with Crippen molar-refractivity contribution in [2.45, 2.75) is 19.9 Å². The molecule has 0 radical (unpaired) electrons. The second kappa shape index (κ2) is 7.07. The number of aromatic nitrogens is 3. The van der Waals surface area contributed by atoms with Crippen molar-refractivity contribution in [3.8, 4) is 0 Å². The minimum absolute atomic E-state index is 0.301. The minimum atomic E-state index is -0.419. The molecule has 0 aliphatic carbocycles. The van der Waals surface area contributed by atoms with Crippen molar-refractivity contribution in [1.29, 1.82) is 0 Å². The fourth-order valence-electron chi connectivity index (χ4n) is 3.37. The SMILES string of the molecule is CCOC(=O)C1=C(c2ccccc2)Nc2ncnn2C1c1cccc(C)c1. The number of fused-ring (bicyclic) bond motifs is 1. The molecule has 4 rings (SSSR count). The van der Waals surface area contributed by atoms with Gasteiger partial charge in [0, 0.05) is 0 Å². The maximum absolute atomic E-state index is 13.0. The number of hydrogen-bond donors (Lipinski definition) is 1. The Kier molecular flexibility index (Phi) is 4.46. The average molecular weight is 360 g/mol. The summed E-state index contributed by atoms with van der Waals surface area (Å²) >= 11 is 0. The lowest BCUT2D eigenvalue weighted by molar-refractivity contribution is -0.138. The Morgan fingerprint density at radius 3 is 2.74 bits per heavy atom. The fourth-order valence-corrected chi connectivity index (χ4v) is 3.37. The number of carbonyl (C=O) groups is 1. The van der Waals surface area contributed by atoms with Crippen molar-refractivity contribution in [3.63, 3.8) is 0 Å². The van der Waals surface area contributed by atoms with Crippen LogP contribution in [0.5, 0.6) is 0 Å². The highest BCUT2D eigenvalue weighted by atomic mass is 16.5. The summed E-state index contributed by atoms with van der Waals surface area (Å²) in [4.78, 5) is 17.3. The fraction of sp³-hybridized carbons (Fsp3) is 0.190. The number of nitrogens with one attached hydrogen (secondary N) is 1. The van der Waals surface area contributed by atoms with Crippen LogP contribution in [0.15, 0.2) is 66.5 Å². The third kappa shape index (κ3) is 3.10. The van der Waals surface area contributed by atoms with E-state index >= 15 is 0 Å². The van der Waals surface area contributed by atoms with Crippen molar-refractivity contribution in [3.05, 3.63) is 83.2 Å². The van der Waals surface area contributed by atoms with Crippen LogP contribution in [0.25, 0.3) is 5.70 Å². The molecule has 0 fully saturated rings. The zero-order valence-corrected chi connectivity index (χ0v) is 15.2. The van der Waals surface area contributed by atoms with Gasteiger partial charge in [0.25, 0.3) is 0 Å². The van der Waals surface area contributed by atoms with Gasteiger partial charge in [-0.15, -0.1) is 0 Å². The average Bonchev–Trinajstić information content (AvgIpc) is 3.15. The van der Waals surface area contributed by atoms with Gasteiger partial charge in [-0.3, -0.25) is 0 Å². The molecule has 3 aromatic rings. The van der Waals surface area contributed by atoms with Crippen LogP contribution >= 0.6 is 0 Å². The highest BCUT2D eigenvalue weighted by Gasteiger charge is 2.36. The number of hydrogen-bond acceptors (Lipinski definition) is 5. The number of anilines is 1. The van der Waals surface area contributed by atoms with Crippen molar-refractivity contribution < 1.29 is 9.53 Å². The first-order chi connectivity index (χ1) is 13.2. The summed E-state index contributed by atoms with van der Waals surface area (Å²) < 4.78 is 7.14. The smallest absolute Gasteiger partial charge is 0.338 e. The summed E-state index contributed by atoms with van der Waals surface area (Å²) in [6.45, 7) is 4.13. The molecule has 0 spiro atoms. The molecular weight excluding hydrogens is 340 g/mol. The maximum Gasteiger partial charge on any atom is 0.338 e. The first-order valence-corrected chi connectivity index (χ1v) is 8.89. The monoisotopic (exact) mass is 360 g/mol. The number of aryl methyl sites for hydroxylation is 1. The number of esters is 1. The molecule has 6 nitrogen and oxygen atoms in total. The molecule has 136 valence electrons. The summed E-state index contributed by atoms with van der Waals surface area (Å²) in [6.07, 6.45) is 1.49. The highest BCUT2D eigenvalue weighted by Crippen LogP contribution is 2.38. The van der Waals surface area contributed by atoms with Gasteiger partial charge in [0.1, 0.15) is 12.4 Å². The predicted molar refractivity (Wildman–Crippen MR) is 103 cm³/mol. The molecule has 6 heteroatoms. The topological polar surface area (TPSA) is 69.0 Å². The number of ether oxygens (including phenoxy) is 1. The molecular formula is C21H20N4O2. The molecule has 0 saturated carbocycles. The Hall–Kier alpha value is -3.41. The number of nitrogens with zero attached hydrogens (tertiary/aromatic N) is 3. The first-order valence-electron chi connectivity index (χ1n) is 8.89. The lowest BCUT2D eigenvalue weighted by Crippen LogP contribution is -2.30. The van der Waals surface area contributed by atoms with E-state index in [4.69, 9.17) is 4.74 Å². The third-order valence-electron chi connectivity index (χ3n) is 4.51. The Balaban J connectivity index is 1.97. The highest BCUT2D eigenvalue weighted by molar-refractivity contribution is 6.02. The number of carbonyl (C=O) groups excluding carboxylic acids is 1. The summed E-state index contributed by atoms with van der Waals surface area (Å²) in [6, 6.07) is 17.4. The van der Waals surface area contributed by atoms with Crippen LogP contribution in [0.1, 0.15) is 29.7 Å². The number of rotatable bonds is 4. The van der Waals surface area contributed by atoms with Crippen molar-refractivity contribution in [1.82, 2.24) is 14.8 Å². The van der Waals surface area contributed by atoms with E-state index in [0.29, 0.717) is 23.8 Å². The van der Waals surface area contributed by atoms with Gasteiger partial charge < -0.3 is 10.1 Å². The van der Waals surface area contributed by atoms with Crippen LogP contribution in [-0.2, 0) is 9.53 Å². The van der Waals surface area contributed by atoms with Crippen LogP contribution in [0.4, 0.5) is 5.95 Å². The van der Waals surface area contributed by atoms with E-state index < -0.39 is 6.04 Å². The molecule has 1 aliphatic rings. The second-order valence-electron chi connectivity index (χ2n) is 6.35. The molecule has 1 unspecified atom stereocenters. The van der Waals surface area contributed by atoms with Gasteiger partial charge in [-0.05, 0) is 25.0 Å². The van der Waals surface area contributed by atoms with E-state index in [2.05, 4.69) is 21.5 Å². The van der Waals surface area contributed by atoms with Crippen LogP contribution < -0.4 is 5.32 Å². The van der Waals surface area contributed by atoms with E-state index in [1.807, 2.05) is 55.5 Å². The molecule has 0 saturated heterocycles. The lowest BCUT2D eigenvalue weighted by Gasteiger charge is -2.29. The normalized spacial score (nSPS) is 15.9. The molecule has 0 bridgehead atoms. The molecule has 1 aliphatic heterocycles. The van der Waals surface area contributed by atoms with E-state index in [0.717, 1.165) is 16.7 Å². The Morgan fingerprint density at radius 2 is 2.00 bits per heavy atom. The molecule has 2 heterocycles. The van der Waals surface area contributed by atoms with Gasteiger partial charge >= 0.3 is 5.97 Å². The largest absolute Gasteiger partial charge is 0.463 e. The molecule has 1 atom stereocenters. The van der Waals surface area contributed by atoms with Gasteiger partial charge in [0.05, 0.1) is 17.9 Å². The van der Waals surface area contributed by atoms with Gasteiger partial charge in [0.2, 0.25) is 5.95 Å². The Morgan fingerprint density at radius 1 is 1.19 bits per heavy atom. The van der Waals surface area contributed by atoms with Crippen LogP contribution in [-0.4, -0.2) is 27.3 Å². The Bertz CT molecular complexity index is 1010. The van der Waals surface area contributed by atoms with Gasteiger partial charge in [-0.25, -0.2) is 9.48 Å².